The number of esters is 1. The molecule has 1 unspecified atom stereocenters. The van der Waals surface area contributed by atoms with Crippen LogP contribution in [0.25, 0.3) is 0 Å². The highest BCUT2D eigenvalue weighted by molar-refractivity contribution is 5.88. The average molecular weight is 292 g/mol. The van der Waals surface area contributed by atoms with E-state index in [9.17, 15) is 4.79 Å². The maximum absolute atomic E-state index is 11.6. The summed E-state index contributed by atoms with van der Waals surface area (Å²) in [5.41, 5.74) is 0.655. The van der Waals surface area contributed by atoms with E-state index >= 15 is 0 Å². The van der Waals surface area contributed by atoms with Crippen LogP contribution in [0.3, 0.4) is 0 Å². The molecule has 116 valence electrons. The molecule has 1 aromatic rings. The molecule has 0 amide bonds. The maximum atomic E-state index is 11.6. The molecule has 1 spiro atoms. The van der Waals surface area contributed by atoms with Gasteiger partial charge in [-0.05, 0) is 32.6 Å². The lowest BCUT2D eigenvalue weighted by molar-refractivity contribution is -0.0688. The molecule has 5 heteroatoms. The Morgan fingerprint density at radius 1 is 1.43 bits per heavy atom. The minimum Gasteiger partial charge on any atom is -0.462 e. The van der Waals surface area contributed by atoms with Gasteiger partial charge in [-0.15, -0.1) is 0 Å². The van der Waals surface area contributed by atoms with Crippen LogP contribution in [0.5, 0.6) is 0 Å². The van der Waals surface area contributed by atoms with E-state index in [0.29, 0.717) is 12.2 Å². The molecule has 1 aromatic heterocycles. The maximum Gasteiger partial charge on any atom is 0.341 e. The van der Waals surface area contributed by atoms with Crippen LogP contribution in [0.15, 0.2) is 12.4 Å². The van der Waals surface area contributed by atoms with Crippen molar-refractivity contribution in [1.29, 1.82) is 0 Å². The Balaban J connectivity index is 1.56. The van der Waals surface area contributed by atoms with Crippen molar-refractivity contribution >= 4 is 5.97 Å². The molecule has 21 heavy (non-hydrogen) atoms. The summed E-state index contributed by atoms with van der Waals surface area (Å²) in [6.45, 7) is 2.91. The Kier molecular flexibility index (Phi) is 4.29. The van der Waals surface area contributed by atoms with Gasteiger partial charge in [0.1, 0.15) is 0 Å². The third kappa shape index (κ3) is 3.28. The van der Waals surface area contributed by atoms with Crippen LogP contribution in [0.4, 0.5) is 0 Å². The molecule has 2 aliphatic rings. The molecule has 3 rings (SSSR count). The molecule has 0 N–H and O–H groups in total. The summed E-state index contributed by atoms with van der Waals surface area (Å²) in [6.07, 6.45) is 12.2. The van der Waals surface area contributed by atoms with Gasteiger partial charge in [0.05, 0.1) is 36.6 Å². The first-order valence-electron chi connectivity index (χ1n) is 8.08. The van der Waals surface area contributed by atoms with Gasteiger partial charge >= 0.3 is 5.97 Å². The highest BCUT2D eigenvalue weighted by Crippen LogP contribution is 2.42. The number of ether oxygens (including phenoxy) is 2. The number of nitrogens with zero attached hydrogens (tertiary/aromatic N) is 2. The largest absolute Gasteiger partial charge is 0.462 e. The fourth-order valence-corrected chi connectivity index (χ4v) is 3.58. The van der Waals surface area contributed by atoms with Crippen LogP contribution in [-0.4, -0.2) is 34.1 Å². The fraction of sp³-hybridized carbons (Fsp3) is 0.750. The van der Waals surface area contributed by atoms with E-state index in [2.05, 4.69) is 5.10 Å². The number of aromatic nitrogens is 2. The summed E-state index contributed by atoms with van der Waals surface area (Å²) in [5.74, 6) is -0.306. The Labute approximate surface area is 125 Å². The van der Waals surface area contributed by atoms with Gasteiger partial charge in [0, 0.05) is 6.20 Å². The van der Waals surface area contributed by atoms with Gasteiger partial charge in [0.25, 0.3) is 0 Å². The monoisotopic (exact) mass is 292 g/mol. The molecule has 5 nitrogen and oxygen atoms in total. The van der Waals surface area contributed by atoms with E-state index in [1.165, 1.54) is 38.5 Å². The van der Waals surface area contributed by atoms with Gasteiger partial charge < -0.3 is 9.47 Å². The lowest BCUT2D eigenvalue weighted by atomic mass is 9.83. The van der Waals surface area contributed by atoms with E-state index in [0.717, 1.165) is 13.0 Å². The minimum absolute atomic E-state index is 0.139. The van der Waals surface area contributed by atoms with Gasteiger partial charge in [0.15, 0.2) is 0 Å². The molecule has 1 aliphatic heterocycles. The summed E-state index contributed by atoms with van der Waals surface area (Å²) >= 11 is 0. The van der Waals surface area contributed by atoms with Crippen molar-refractivity contribution in [3.63, 3.8) is 0 Å². The number of carbonyl (C=O) groups is 1. The first-order valence-corrected chi connectivity index (χ1v) is 8.08. The Bertz CT molecular complexity index is 491. The normalized spacial score (nSPS) is 24.3. The van der Waals surface area contributed by atoms with Gasteiger partial charge in [0.2, 0.25) is 0 Å². The van der Waals surface area contributed by atoms with Crippen LogP contribution < -0.4 is 0 Å². The molecule has 1 atom stereocenters. The molecule has 1 saturated heterocycles. The zero-order valence-electron chi connectivity index (χ0n) is 12.7. The lowest BCUT2D eigenvalue weighted by Crippen LogP contribution is -2.32. The van der Waals surface area contributed by atoms with Crippen molar-refractivity contribution in [2.24, 2.45) is 0 Å². The van der Waals surface area contributed by atoms with Crippen molar-refractivity contribution < 1.29 is 14.3 Å². The summed E-state index contributed by atoms with van der Waals surface area (Å²) in [6, 6.07) is 0. The smallest absolute Gasteiger partial charge is 0.341 e. The first kappa shape index (κ1) is 14.6. The van der Waals surface area contributed by atoms with Gasteiger partial charge in [-0.1, -0.05) is 19.3 Å². The predicted octanol–water partition coefficient (Wildman–Crippen LogP) is 2.94. The molecule has 0 bridgehead atoms. The Morgan fingerprint density at radius 3 is 3.00 bits per heavy atom. The summed E-state index contributed by atoms with van der Waals surface area (Å²) in [4.78, 5) is 11.6. The zero-order valence-corrected chi connectivity index (χ0v) is 12.7. The van der Waals surface area contributed by atoms with Crippen molar-refractivity contribution in [2.75, 3.05) is 6.61 Å². The second-order valence-electron chi connectivity index (χ2n) is 6.19. The van der Waals surface area contributed by atoms with Crippen molar-refractivity contribution in [3.05, 3.63) is 18.0 Å². The van der Waals surface area contributed by atoms with E-state index in [-0.39, 0.29) is 17.7 Å². The number of rotatable bonds is 4. The molecular formula is C16H24N2O3. The van der Waals surface area contributed by atoms with E-state index in [1.807, 2.05) is 0 Å². The summed E-state index contributed by atoms with van der Waals surface area (Å²) in [7, 11) is 0. The Hall–Kier alpha value is -1.36. The summed E-state index contributed by atoms with van der Waals surface area (Å²) < 4.78 is 13.1. The lowest BCUT2D eigenvalue weighted by Gasteiger charge is -2.33. The van der Waals surface area contributed by atoms with Crippen LogP contribution in [-0.2, 0) is 16.0 Å². The van der Waals surface area contributed by atoms with Crippen molar-refractivity contribution in [3.8, 4) is 0 Å². The third-order valence-corrected chi connectivity index (χ3v) is 4.64. The topological polar surface area (TPSA) is 53.3 Å². The predicted molar refractivity (Wildman–Crippen MR) is 78.1 cm³/mol. The van der Waals surface area contributed by atoms with Crippen molar-refractivity contribution in [2.45, 2.75) is 70.1 Å². The number of carbonyl (C=O) groups excluding carboxylic acids is 1. The second kappa shape index (κ2) is 6.18. The quantitative estimate of drug-likeness (QED) is 0.801. The van der Waals surface area contributed by atoms with Crippen LogP contribution in [0.2, 0.25) is 0 Å². The molecule has 1 aliphatic carbocycles. The van der Waals surface area contributed by atoms with Gasteiger partial charge in [-0.2, -0.15) is 5.10 Å². The molecular weight excluding hydrogens is 268 g/mol. The van der Waals surface area contributed by atoms with E-state index < -0.39 is 0 Å². The van der Waals surface area contributed by atoms with Crippen LogP contribution >= 0.6 is 0 Å². The number of hydrogen-bond donors (Lipinski definition) is 0. The average Bonchev–Trinajstić information content (AvgIpc) is 3.09. The minimum atomic E-state index is -0.306. The third-order valence-electron chi connectivity index (χ3n) is 4.64. The molecule has 0 radical (unpaired) electrons. The van der Waals surface area contributed by atoms with E-state index in [4.69, 9.17) is 9.47 Å². The van der Waals surface area contributed by atoms with E-state index in [1.54, 1.807) is 24.0 Å². The molecule has 1 saturated carbocycles. The standard InChI is InChI=1S/C16H24N2O3/c1-2-20-15(19)13-10-17-18(11-13)12-14-6-9-16(21-14)7-4-3-5-8-16/h10-11,14H,2-9,12H2,1H3. The summed E-state index contributed by atoms with van der Waals surface area (Å²) in [5, 5.41) is 4.25. The first-order chi connectivity index (χ1) is 10.2. The molecule has 2 heterocycles. The number of hydrogen-bond acceptors (Lipinski definition) is 4. The van der Waals surface area contributed by atoms with Gasteiger partial charge in [-0.25, -0.2) is 4.79 Å². The highest BCUT2D eigenvalue weighted by atomic mass is 16.5. The van der Waals surface area contributed by atoms with Crippen LogP contribution in [0, 0.1) is 0 Å². The van der Waals surface area contributed by atoms with Crippen LogP contribution in [0.1, 0.15) is 62.2 Å². The molecule has 2 fully saturated rings. The Morgan fingerprint density at radius 2 is 2.24 bits per heavy atom. The molecule has 0 aromatic carbocycles. The van der Waals surface area contributed by atoms with Gasteiger partial charge in [-0.3, -0.25) is 4.68 Å². The SMILES string of the molecule is CCOC(=O)c1cnn(CC2CCC3(CCCCC3)O2)c1. The zero-order chi connectivity index (χ0) is 14.7. The highest BCUT2D eigenvalue weighted by Gasteiger charge is 2.40. The second-order valence-corrected chi connectivity index (χ2v) is 6.19. The fourth-order valence-electron chi connectivity index (χ4n) is 3.58. The van der Waals surface area contributed by atoms with Crippen molar-refractivity contribution in [1.82, 2.24) is 9.78 Å².